The molecule has 0 unspecified atom stereocenters. The number of nitriles is 1. The first-order valence-electron chi connectivity index (χ1n) is 5.20. The maximum atomic E-state index is 10.6. The van der Waals surface area contributed by atoms with Crippen LogP contribution in [0.3, 0.4) is 0 Å². The smallest absolute Gasteiger partial charge is 0.192 e. The third kappa shape index (κ3) is 2.73. The average molecular weight is 255 g/mol. The lowest BCUT2D eigenvalue weighted by molar-refractivity contribution is 0.112. The Hall–Kier alpha value is -2.19. The number of carbonyl (C=O) groups is 1. The van der Waals surface area contributed by atoms with Crippen LogP contribution < -0.4 is 0 Å². The standard InChI is InChI=1S/C13H9N3OS/c1-9-4-5-15-13(16-9)18-12-3-2-10(8-17)6-11(12)7-14/h2-6,8H,1H3. The van der Waals surface area contributed by atoms with Gasteiger partial charge in [0.15, 0.2) is 5.16 Å². The molecule has 4 nitrogen and oxygen atoms in total. The predicted molar refractivity (Wildman–Crippen MR) is 67.4 cm³/mol. The van der Waals surface area contributed by atoms with Gasteiger partial charge in [0.25, 0.3) is 0 Å². The minimum absolute atomic E-state index is 0.453. The normalized spacial score (nSPS) is 9.78. The molecule has 0 amide bonds. The van der Waals surface area contributed by atoms with Crippen molar-refractivity contribution in [3.8, 4) is 6.07 Å². The Kier molecular flexibility index (Phi) is 3.70. The van der Waals surface area contributed by atoms with Gasteiger partial charge in [-0.1, -0.05) is 6.07 Å². The van der Waals surface area contributed by atoms with Crippen molar-refractivity contribution in [2.75, 3.05) is 0 Å². The lowest BCUT2D eigenvalue weighted by atomic mass is 10.1. The van der Waals surface area contributed by atoms with Crippen molar-refractivity contribution in [1.29, 1.82) is 5.26 Å². The van der Waals surface area contributed by atoms with Crippen molar-refractivity contribution in [1.82, 2.24) is 9.97 Å². The zero-order valence-corrected chi connectivity index (χ0v) is 10.4. The average Bonchev–Trinajstić information content (AvgIpc) is 2.39. The van der Waals surface area contributed by atoms with Gasteiger partial charge in [0.2, 0.25) is 0 Å². The molecule has 18 heavy (non-hydrogen) atoms. The molecule has 0 bridgehead atoms. The van der Waals surface area contributed by atoms with Crippen LogP contribution in [0.5, 0.6) is 0 Å². The van der Waals surface area contributed by atoms with E-state index in [4.69, 9.17) is 5.26 Å². The summed E-state index contributed by atoms with van der Waals surface area (Å²) in [5.41, 5.74) is 1.81. The fourth-order valence-electron chi connectivity index (χ4n) is 1.37. The molecule has 0 aliphatic carbocycles. The van der Waals surface area contributed by atoms with Crippen LogP contribution >= 0.6 is 11.8 Å². The maximum absolute atomic E-state index is 10.6. The van der Waals surface area contributed by atoms with Gasteiger partial charge in [0.05, 0.1) is 5.56 Å². The Morgan fingerprint density at radius 3 is 2.89 bits per heavy atom. The molecule has 0 fully saturated rings. The number of benzene rings is 1. The summed E-state index contributed by atoms with van der Waals surface area (Å²) in [5.74, 6) is 0. The molecule has 1 aromatic heterocycles. The summed E-state index contributed by atoms with van der Waals surface area (Å²) in [6.07, 6.45) is 2.40. The highest BCUT2D eigenvalue weighted by molar-refractivity contribution is 7.99. The van der Waals surface area contributed by atoms with Gasteiger partial charge in [-0.25, -0.2) is 9.97 Å². The number of nitrogens with zero attached hydrogens (tertiary/aromatic N) is 3. The van der Waals surface area contributed by atoms with E-state index in [-0.39, 0.29) is 0 Å². The SMILES string of the molecule is Cc1ccnc(Sc2ccc(C=O)cc2C#N)n1. The first-order chi connectivity index (χ1) is 8.72. The highest BCUT2D eigenvalue weighted by Crippen LogP contribution is 2.28. The molecule has 0 saturated heterocycles. The fourth-order valence-corrected chi connectivity index (χ4v) is 2.22. The highest BCUT2D eigenvalue weighted by atomic mass is 32.2. The quantitative estimate of drug-likeness (QED) is 0.623. The Balaban J connectivity index is 2.35. The van der Waals surface area contributed by atoms with Crippen molar-refractivity contribution in [2.24, 2.45) is 0 Å². The molecule has 0 radical (unpaired) electrons. The monoisotopic (exact) mass is 255 g/mol. The van der Waals surface area contributed by atoms with Crippen molar-refractivity contribution in [3.05, 3.63) is 47.3 Å². The Labute approximate surface area is 109 Å². The number of hydrogen-bond acceptors (Lipinski definition) is 5. The zero-order chi connectivity index (χ0) is 13.0. The molecule has 0 atom stereocenters. The first kappa shape index (κ1) is 12.3. The third-order valence-electron chi connectivity index (χ3n) is 2.23. The first-order valence-corrected chi connectivity index (χ1v) is 6.01. The van der Waals surface area contributed by atoms with E-state index in [0.717, 1.165) is 16.9 Å². The van der Waals surface area contributed by atoms with E-state index in [1.165, 1.54) is 11.8 Å². The van der Waals surface area contributed by atoms with E-state index in [0.29, 0.717) is 16.3 Å². The van der Waals surface area contributed by atoms with E-state index < -0.39 is 0 Å². The molecule has 0 spiro atoms. The van der Waals surface area contributed by atoms with Crippen LogP contribution in [-0.4, -0.2) is 16.3 Å². The summed E-state index contributed by atoms with van der Waals surface area (Å²) in [4.78, 5) is 19.8. The van der Waals surface area contributed by atoms with E-state index in [9.17, 15) is 4.79 Å². The van der Waals surface area contributed by atoms with Crippen molar-refractivity contribution < 1.29 is 4.79 Å². The molecule has 0 N–H and O–H groups in total. The molecule has 2 aromatic rings. The fraction of sp³-hybridized carbons (Fsp3) is 0.0769. The minimum Gasteiger partial charge on any atom is -0.298 e. The Morgan fingerprint density at radius 1 is 1.39 bits per heavy atom. The second kappa shape index (κ2) is 5.43. The van der Waals surface area contributed by atoms with Crippen molar-refractivity contribution >= 4 is 18.0 Å². The van der Waals surface area contributed by atoms with Gasteiger partial charge >= 0.3 is 0 Å². The van der Waals surface area contributed by atoms with Gasteiger partial charge in [-0.05, 0) is 36.9 Å². The van der Waals surface area contributed by atoms with Crippen molar-refractivity contribution in [3.63, 3.8) is 0 Å². The maximum Gasteiger partial charge on any atom is 0.192 e. The molecule has 5 heteroatoms. The van der Waals surface area contributed by atoms with Gasteiger partial charge in [0, 0.05) is 22.3 Å². The molecule has 0 aliphatic rings. The Morgan fingerprint density at radius 2 is 2.22 bits per heavy atom. The van der Waals surface area contributed by atoms with E-state index >= 15 is 0 Å². The highest BCUT2D eigenvalue weighted by Gasteiger charge is 2.07. The summed E-state index contributed by atoms with van der Waals surface area (Å²) in [7, 11) is 0. The largest absolute Gasteiger partial charge is 0.298 e. The molecular weight excluding hydrogens is 246 g/mol. The lowest BCUT2D eigenvalue weighted by Crippen LogP contribution is -1.90. The molecule has 1 heterocycles. The van der Waals surface area contributed by atoms with Gasteiger partial charge in [-0.2, -0.15) is 5.26 Å². The second-order valence-electron chi connectivity index (χ2n) is 3.57. The topological polar surface area (TPSA) is 66.6 Å². The lowest BCUT2D eigenvalue weighted by Gasteiger charge is -2.03. The number of aromatic nitrogens is 2. The third-order valence-corrected chi connectivity index (χ3v) is 3.19. The molecule has 0 aliphatic heterocycles. The minimum atomic E-state index is 0.453. The van der Waals surface area contributed by atoms with Crippen LogP contribution in [0.4, 0.5) is 0 Å². The van der Waals surface area contributed by atoms with Gasteiger partial charge in [-0.15, -0.1) is 0 Å². The molecule has 1 aromatic carbocycles. The summed E-state index contributed by atoms with van der Waals surface area (Å²) >= 11 is 1.31. The number of rotatable bonds is 3. The van der Waals surface area contributed by atoms with Gasteiger partial charge in [-0.3, -0.25) is 4.79 Å². The van der Waals surface area contributed by atoms with Crippen LogP contribution in [0.15, 0.2) is 40.5 Å². The van der Waals surface area contributed by atoms with Crippen LogP contribution in [0.25, 0.3) is 0 Å². The molecule has 88 valence electrons. The van der Waals surface area contributed by atoms with E-state index in [1.54, 1.807) is 24.4 Å². The number of aldehydes is 1. The number of hydrogen-bond donors (Lipinski definition) is 0. The predicted octanol–water partition coefficient (Wildman–Crippen LogP) is 2.62. The summed E-state index contributed by atoms with van der Waals surface area (Å²) in [6.45, 7) is 1.88. The summed E-state index contributed by atoms with van der Waals surface area (Å²) in [6, 6.07) is 8.85. The van der Waals surface area contributed by atoms with Crippen LogP contribution in [0.1, 0.15) is 21.6 Å². The molecule has 2 rings (SSSR count). The summed E-state index contributed by atoms with van der Waals surface area (Å²) in [5, 5.41) is 9.64. The molecular formula is C13H9N3OS. The van der Waals surface area contributed by atoms with E-state index in [1.807, 2.05) is 13.0 Å². The van der Waals surface area contributed by atoms with Gasteiger partial charge < -0.3 is 0 Å². The van der Waals surface area contributed by atoms with E-state index in [2.05, 4.69) is 16.0 Å². The summed E-state index contributed by atoms with van der Waals surface area (Å²) < 4.78 is 0. The number of carbonyl (C=O) groups excluding carboxylic acids is 1. The van der Waals surface area contributed by atoms with Gasteiger partial charge in [0.1, 0.15) is 12.4 Å². The Bertz CT molecular complexity index is 634. The van der Waals surface area contributed by atoms with Crippen LogP contribution in [-0.2, 0) is 0 Å². The number of aryl methyl sites for hydroxylation is 1. The van der Waals surface area contributed by atoms with Crippen LogP contribution in [0.2, 0.25) is 0 Å². The molecule has 0 saturated carbocycles. The van der Waals surface area contributed by atoms with Crippen LogP contribution in [0, 0.1) is 18.3 Å². The second-order valence-corrected chi connectivity index (χ2v) is 4.58. The van der Waals surface area contributed by atoms with Crippen molar-refractivity contribution in [2.45, 2.75) is 17.0 Å². The zero-order valence-electron chi connectivity index (χ0n) is 9.62.